The number of anilines is 1. The van der Waals surface area contributed by atoms with Crippen molar-refractivity contribution in [2.24, 2.45) is 13.0 Å². The fourth-order valence-electron chi connectivity index (χ4n) is 5.37. The van der Waals surface area contributed by atoms with Gasteiger partial charge in [0.25, 0.3) is 5.56 Å². The standard InChI is InChI=1S/C24H27N5O2/c1-28-22(30)15-20(19-11-13-25-16-26-19)27-23(28)29-14-12-24(31,17-7-3-2-4-8-17)18-9-5-6-10-21(18)29/h2-4,7-8,11,13,15-16,18,21,31H,5-6,9-10,12,14H2,1H3. The maximum absolute atomic E-state index is 12.8. The molecule has 3 atom stereocenters. The second-order valence-corrected chi connectivity index (χ2v) is 8.63. The van der Waals surface area contributed by atoms with Crippen LogP contribution in [-0.2, 0) is 12.6 Å². The summed E-state index contributed by atoms with van der Waals surface area (Å²) < 4.78 is 1.61. The molecule has 0 spiro atoms. The Morgan fingerprint density at radius 2 is 1.90 bits per heavy atom. The van der Waals surface area contributed by atoms with Crippen LogP contribution in [0.15, 0.2) is 59.8 Å². The van der Waals surface area contributed by atoms with Gasteiger partial charge in [0.1, 0.15) is 6.33 Å². The van der Waals surface area contributed by atoms with E-state index in [1.807, 2.05) is 30.3 Å². The largest absolute Gasteiger partial charge is 0.385 e. The van der Waals surface area contributed by atoms with E-state index in [0.717, 1.165) is 31.2 Å². The number of hydrogen-bond acceptors (Lipinski definition) is 6. The van der Waals surface area contributed by atoms with Gasteiger partial charge in [-0.25, -0.2) is 15.0 Å². The first-order chi connectivity index (χ1) is 15.1. The molecule has 7 nitrogen and oxygen atoms in total. The topological polar surface area (TPSA) is 84.1 Å². The number of nitrogens with zero attached hydrogens (tertiary/aromatic N) is 5. The van der Waals surface area contributed by atoms with Crippen molar-refractivity contribution < 1.29 is 5.11 Å². The summed E-state index contributed by atoms with van der Waals surface area (Å²) in [5.74, 6) is 0.741. The van der Waals surface area contributed by atoms with Crippen LogP contribution in [0.1, 0.15) is 37.7 Å². The predicted octanol–water partition coefficient (Wildman–Crippen LogP) is 2.89. The normalized spacial score (nSPS) is 25.8. The molecule has 0 bridgehead atoms. The molecule has 1 aliphatic carbocycles. The fourth-order valence-corrected chi connectivity index (χ4v) is 5.37. The lowest BCUT2D eigenvalue weighted by Crippen LogP contribution is -2.58. The van der Waals surface area contributed by atoms with Gasteiger partial charge in [0, 0.05) is 37.8 Å². The molecule has 3 aromatic rings. The molecule has 0 amide bonds. The Bertz CT molecular complexity index is 1120. The molecule has 1 saturated heterocycles. The molecule has 3 heterocycles. The zero-order valence-corrected chi connectivity index (χ0v) is 17.7. The van der Waals surface area contributed by atoms with Crippen LogP contribution in [0.2, 0.25) is 0 Å². The summed E-state index contributed by atoms with van der Waals surface area (Å²) >= 11 is 0. The maximum atomic E-state index is 12.8. The van der Waals surface area contributed by atoms with Gasteiger partial charge in [-0.1, -0.05) is 43.2 Å². The van der Waals surface area contributed by atoms with Crippen LogP contribution in [0.3, 0.4) is 0 Å². The van der Waals surface area contributed by atoms with Crippen molar-refractivity contribution in [2.45, 2.75) is 43.7 Å². The van der Waals surface area contributed by atoms with Crippen LogP contribution < -0.4 is 10.5 Å². The Labute approximate surface area is 181 Å². The van der Waals surface area contributed by atoms with Gasteiger partial charge in [-0.15, -0.1) is 0 Å². The third-order valence-electron chi connectivity index (χ3n) is 6.96. The summed E-state index contributed by atoms with van der Waals surface area (Å²) in [6.07, 6.45) is 7.89. The molecule has 1 saturated carbocycles. The van der Waals surface area contributed by atoms with Crippen molar-refractivity contribution in [3.8, 4) is 11.4 Å². The van der Waals surface area contributed by atoms with Crippen LogP contribution in [0.4, 0.5) is 5.95 Å². The van der Waals surface area contributed by atoms with Crippen molar-refractivity contribution in [3.05, 3.63) is 70.9 Å². The first-order valence-corrected chi connectivity index (χ1v) is 11.0. The highest BCUT2D eigenvalue weighted by Crippen LogP contribution is 2.47. The van der Waals surface area contributed by atoms with Gasteiger partial charge in [0.2, 0.25) is 5.95 Å². The summed E-state index contributed by atoms with van der Waals surface area (Å²) in [6.45, 7) is 0.639. The summed E-state index contributed by atoms with van der Waals surface area (Å²) in [5.41, 5.74) is 1.20. The number of hydrogen-bond donors (Lipinski definition) is 1. The van der Waals surface area contributed by atoms with E-state index < -0.39 is 5.60 Å². The fraction of sp³-hybridized carbons (Fsp3) is 0.417. The number of aliphatic hydroxyl groups is 1. The highest BCUT2D eigenvalue weighted by Gasteiger charge is 2.49. The molecular weight excluding hydrogens is 390 g/mol. The Kier molecular flexibility index (Phi) is 5.06. The first-order valence-electron chi connectivity index (χ1n) is 11.0. The summed E-state index contributed by atoms with van der Waals surface area (Å²) in [7, 11) is 1.77. The zero-order valence-electron chi connectivity index (χ0n) is 17.7. The van der Waals surface area contributed by atoms with Crippen LogP contribution in [0, 0.1) is 5.92 Å². The highest BCUT2D eigenvalue weighted by molar-refractivity contribution is 5.55. The third kappa shape index (κ3) is 3.43. The molecule has 2 aliphatic rings. The van der Waals surface area contributed by atoms with Crippen molar-refractivity contribution in [1.82, 2.24) is 19.5 Å². The van der Waals surface area contributed by atoms with Crippen molar-refractivity contribution in [1.29, 1.82) is 0 Å². The van der Waals surface area contributed by atoms with E-state index in [1.165, 1.54) is 12.4 Å². The average molecular weight is 418 g/mol. The Morgan fingerprint density at radius 1 is 1.10 bits per heavy atom. The Morgan fingerprint density at radius 3 is 2.68 bits per heavy atom. The smallest absolute Gasteiger partial charge is 0.255 e. The van der Waals surface area contributed by atoms with Crippen LogP contribution in [0.25, 0.3) is 11.4 Å². The summed E-state index contributed by atoms with van der Waals surface area (Å²) in [5, 5.41) is 11.8. The number of rotatable bonds is 3. The molecule has 160 valence electrons. The molecule has 2 fully saturated rings. The Balaban J connectivity index is 1.56. The molecule has 7 heteroatoms. The lowest BCUT2D eigenvalue weighted by atomic mass is 9.66. The molecule has 0 radical (unpaired) electrons. The highest BCUT2D eigenvalue weighted by atomic mass is 16.3. The van der Waals surface area contributed by atoms with Gasteiger partial charge in [0.15, 0.2) is 0 Å². The van der Waals surface area contributed by atoms with Gasteiger partial charge in [-0.2, -0.15) is 0 Å². The summed E-state index contributed by atoms with van der Waals surface area (Å²) in [4.78, 5) is 28.1. The first kappa shape index (κ1) is 19.9. The van der Waals surface area contributed by atoms with E-state index in [0.29, 0.717) is 30.3 Å². The van der Waals surface area contributed by atoms with Crippen LogP contribution in [0.5, 0.6) is 0 Å². The monoisotopic (exact) mass is 417 g/mol. The SMILES string of the molecule is Cn1c(N2CCC(O)(c3ccccc3)C3CCCCC32)nc(-c2ccncn2)cc1=O. The lowest BCUT2D eigenvalue weighted by molar-refractivity contribution is -0.0693. The van der Waals surface area contributed by atoms with E-state index >= 15 is 0 Å². The molecular formula is C24H27N5O2. The quantitative estimate of drug-likeness (QED) is 0.705. The molecule has 2 aromatic heterocycles. The molecule has 1 aliphatic heterocycles. The third-order valence-corrected chi connectivity index (χ3v) is 6.96. The van der Waals surface area contributed by atoms with E-state index in [1.54, 1.807) is 23.9 Å². The maximum Gasteiger partial charge on any atom is 0.255 e. The van der Waals surface area contributed by atoms with E-state index in [4.69, 9.17) is 4.98 Å². The van der Waals surface area contributed by atoms with E-state index in [-0.39, 0.29) is 17.5 Å². The van der Waals surface area contributed by atoms with Gasteiger partial charge in [-0.3, -0.25) is 9.36 Å². The van der Waals surface area contributed by atoms with Gasteiger partial charge >= 0.3 is 0 Å². The molecule has 31 heavy (non-hydrogen) atoms. The van der Waals surface area contributed by atoms with Gasteiger partial charge in [0.05, 0.1) is 17.0 Å². The number of benzene rings is 1. The predicted molar refractivity (Wildman–Crippen MR) is 119 cm³/mol. The second-order valence-electron chi connectivity index (χ2n) is 8.63. The molecule has 3 unspecified atom stereocenters. The number of aromatic nitrogens is 4. The summed E-state index contributed by atoms with van der Waals surface area (Å²) in [6, 6.07) is 13.5. The minimum atomic E-state index is -0.855. The van der Waals surface area contributed by atoms with Crippen molar-refractivity contribution in [3.63, 3.8) is 0 Å². The average Bonchev–Trinajstić information content (AvgIpc) is 2.83. The van der Waals surface area contributed by atoms with Crippen LogP contribution >= 0.6 is 0 Å². The minimum Gasteiger partial charge on any atom is -0.385 e. The van der Waals surface area contributed by atoms with Gasteiger partial charge in [-0.05, 0) is 30.9 Å². The number of fused-ring (bicyclic) bond motifs is 1. The number of piperidine rings is 1. The molecule has 1 N–H and O–H groups in total. The van der Waals surface area contributed by atoms with E-state index in [2.05, 4.69) is 14.9 Å². The lowest BCUT2D eigenvalue weighted by Gasteiger charge is -2.53. The Hall–Kier alpha value is -3.06. The van der Waals surface area contributed by atoms with Gasteiger partial charge < -0.3 is 10.0 Å². The van der Waals surface area contributed by atoms with Crippen molar-refractivity contribution >= 4 is 5.95 Å². The minimum absolute atomic E-state index is 0.0945. The molecule has 1 aromatic carbocycles. The zero-order chi connectivity index (χ0) is 21.4. The molecule has 5 rings (SSSR count). The van der Waals surface area contributed by atoms with Crippen LogP contribution in [-0.4, -0.2) is 37.2 Å². The van der Waals surface area contributed by atoms with Crippen molar-refractivity contribution in [2.75, 3.05) is 11.4 Å². The van der Waals surface area contributed by atoms with E-state index in [9.17, 15) is 9.90 Å². The second kappa shape index (κ2) is 7.89.